The third-order valence-electron chi connectivity index (χ3n) is 6.01. The fraction of sp³-hybridized carbons (Fsp3) is 0.321. The predicted molar refractivity (Wildman–Crippen MR) is 145 cm³/mol. The Labute approximate surface area is 237 Å². The predicted octanol–water partition coefficient (Wildman–Crippen LogP) is 6.57. The van der Waals surface area contributed by atoms with E-state index in [1.165, 1.54) is 19.9 Å². The van der Waals surface area contributed by atoms with Crippen LogP contribution < -0.4 is 14.8 Å². The Bertz CT molecular complexity index is 1320. The van der Waals surface area contributed by atoms with Gasteiger partial charge >= 0.3 is 6.18 Å². The molecule has 0 spiro atoms. The van der Waals surface area contributed by atoms with Crippen LogP contribution in [0.3, 0.4) is 0 Å². The summed E-state index contributed by atoms with van der Waals surface area (Å²) in [5, 5.41) is 12.2. The van der Waals surface area contributed by atoms with Crippen LogP contribution in [-0.2, 0) is 17.4 Å². The van der Waals surface area contributed by atoms with E-state index in [9.17, 15) is 27.6 Å². The number of alkyl halides is 4. The highest BCUT2D eigenvalue weighted by Crippen LogP contribution is 2.31. The fourth-order valence-electron chi connectivity index (χ4n) is 3.91. The molecule has 3 rings (SSSR count). The number of hydrogen-bond donors (Lipinski definition) is 1. The summed E-state index contributed by atoms with van der Waals surface area (Å²) in [7, 11) is 0. The maximum Gasteiger partial charge on any atom is 0.417 e. The Hall–Kier alpha value is -3.40. The van der Waals surface area contributed by atoms with Gasteiger partial charge < -0.3 is 14.8 Å². The van der Waals surface area contributed by atoms with E-state index in [2.05, 4.69) is 32.9 Å². The molecule has 3 aromatic rings. The van der Waals surface area contributed by atoms with Crippen molar-refractivity contribution in [2.75, 3.05) is 4.61 Å². The molecule has 11 heteroatoms. The standard InChI is InChI=1S/C28H26F4IN3O3/c1-17(36-26(37)27(2,3)39-25-9-6-21(15-35-25)28(30,31)32)24(20-10-19(14-34)11-22(29)13-20)12-18-4-7-23(8-5-18)38-16-33/h4-11,13,15,17,24H,12,16H2,1-3H3,(H,36,37). The zero-order valence-electron chi connectivity index (χ0n) is 21.4. The molecule has 1 aromatic heterocycles. The number of nitrogens with zero attached hydrogens (tertiary/aromatic N) is 2. The van der Waals surface area contributed by atoms with E-state index in [0.29, 0.717) is 28.5 Å². The topological polar surface area (TPSA) is 84.2 Å². The van der Waals surface area contributed by atoms with Crippen molar-refractivity contribution in [1.82, 2.24) is 10.3 Å². The van der Waals surface area contributed by atoms with E-state index in [-0.39, 0.29) is 11.4 Å². The normalized spacial score (nSPS) is 13.2. The first-order valence-electron chi connectivity index (χ1n) is 11.8. The molecule has 2 atom stereocenters. The van der Waals surface area contributed by atoms with E-state index in [4.69, 9.17) is 9.47 Å². The third-order valence-corrected chi connectivity index (χ3v) is 6.32. The second-order valence-electron chi connectivity index (χ2n) is 9.35. The van der Waals surface area contributed by atoms with Gasteiger partial charge in [-0.05, 0) is 97.3 Å². The number of ether oxygens (including phenoxy) is 2. The molecule has 0 aliphatic heterocycles. The van der Waals surface area contributed by atoms with Crippen molar-refractivity contribution < 1.29 is 31.8 Å². The number of pyridine rings is 1. The molecular formula is C28H26F4IN3O3. The van der Waals surface area contributed by atoms with E-state index in [0.717, 1.165) is 23.8 Å². The van der Waals surface area contributed by atoms with Crippen molar-refractivity contribution >= 4 is 28.5 Å². The smallest absolute Gasteiger partial charge is 0.417 e. The van der Waals surface area contributed by atoms with E-state index >= 15 is 0 Å². The summed E-state index contributed by atoms with van der Waals surface area (Å²) in [6.45, 7) is 4.68. The van der Waals surface area contributed by atoms with Crippen LogP contribution in [0.5, 0.6) is 11.6 Å². The third kappa shape index (κ3) is 8.29. The van der Waals surface area contributed by atoms with E-state index < -0.39 is 41.0 Å². The Morgan fingerprint density at radius 1 is 1.13 bits per heavy atom. The summed E-state index contributed by atoms with van der Waals surface area (Å²) in [4.78, 5) is 16.9. The summed E-state index contributed by atoms with van der Waals surface area (Å²) < 4.78 is 64.4. The molecule has 1 amide bonds. The molecule has 1 heterocycles. The summed E-state index contributed by atoms with van der Waals surface area (Å²) in [6.07, 6.45) is -3.51. The minimum Gasteiger partial charge on any atom is -0.483 e. The molecule has 6 nitrogen and oxygen atoms in total. The number of nitriles is 1. The van der Waals surface area contributed by atoms with Crippen molar-refractivity contribution in [3.8, 4) is 17.7 Å². The number of halogens is 5. The largest absolute Gasteiger partial charge is 0.483 e. The number of benzene rings is 2. The lowest BCUT2D eigenvalue weighted by Crippen LogP contribution is -2.51. The van der Waals surface area contributed by atoms with Crippen LogP contribution >= 0.6 is 22.6 Å². The number of rotatable bonds is 10. The first-order chi connectivity index (χ1) is 18.3. The number of hydrogen-bond acceptors (Lipinski definition) is 5. The van der Waals surface area contributed by atoms with Gasteiger partial charge in [0, 0.05) is 24.2 Å². The Morgan fingerprint density at radius 2 is 1.82 bits per heavy atom. The highest BCUT2D eigenvalue weighted by molar-refractivity contribution is 14.1. The molecule has 0 aliphatic carbocycles. The van der Waals surface area contributed by atoms with Gasteiger partial charge in [0.25, 0.3) is 5.91 Å². The molecular weight excluding hydrogens is 629 g/mol. The quantitative estimate of drug-likeness (QED) is 0.152. The Kier molecular flexibility index (Phi) is 9.77. The fourth-order valence-corrected chi connectivity index (χ4v) is 4.27. The van der Waals surface area contributed by atoms with Gasteiger partial charge in [-0.1, -0.05) is 12.1 Å². The SMILES string of the molecule is CC(NC(=O)C(C)(C)Oc1ccc(C(F)(F)F)cn1)C(Cc1ccc(OCI)cc1)c1cc(F)cc(C#N)c1. The van der Waals surface area contributed by atoms with Crippen molar-refractivity contribution in [3.63, 3.8) is 0 Å². The minimum absolute atomic E-state index is 0.148. The van der Waals surface area contributed by atoms with Gasteiger partial charge in [0.2, 0.25) is 5.88 Å². The summed E-state index contributed by atoms with van der Waals surface area (Å²) in [5.74, 6) is -1.02. The zero-order chi connectivity index (χ0) is 28.8. The van der Waals surface area contributed by atoms with Crippen LogP contribution in [0.15, 0.2) is 60.8 Å². The van der Waals surface area contributed by atoms with Gasteiger partial charge in [-0.25, -0.2) is 9.37 Å². The second-order valence-corrected chi connectivity index (χ2v) is 9.97. The van der Waals surface area contributed by atoms with Gasteiger partial charge in [0.05, 0.1) is 17.2 Å². The van der Waals surface area contributed by atoms with Crippen molar-refractivity contribution in [3.05, 3.63) is 88.9 Å². The lowest BCUT2D eigenvalue weighted by Gasteiger charge is -2.31. The molecule has 2 aromatic carbocycles. The van der Waals surface area contributed by atoms with Crippen molar-refractivity contribution in [2.45, 2.75) is 50.9 Å². The Morgan fingerprint density at radius 3 is 2.38 bits per heavy atom. The summed E-state index contributed by atoms with van der Waals surface area (Å²) >= 11 is 2.09. The molecule has 0 saturated carbocycles. The average Bonchev–Trinajstić information content (AvgIpc) is 2.87. The summed E-state index contributed by atoms with van der Waals surface area (Å²) in [5.41, 5.74) is -0.862. The van der Waals surface area contributed by atoms with Crippen LogP contribution in [0.25, 0.3) is 0 Å². The first-order valence-corrected chi connectivity index (χ1v) is 13.4. The molecule has 0 saturated heterocycles. The van der Waals surface area contributed by atoms with Gasteiger partial charge in [-0.3, -0.25) is 4.79 Å². The van der Waals surface area contributed by atoms with Gasteiger partial charge in [0.15, 0.2) is 5.60 Å². The monoisotopic (exact) mass is 655 g/mol. The maximum atomic E-state index is 14.4. The number of amides is 1. The van der Waals surface area contributed by atoms with E-state index in [1.54, 1.807) is 13.0 Å². The minimum atomic E-state index is -4.55. The van der Waals surface area contributed by atoms with E-state index in [1.807, 2.05) is 30.3 Å². The number of carbonyl (C=O) groups is 1. The number of aromatic nitrogens is 1. The highest BCUT2D eigenvalue weighted by Gasteiger charge is 2.35. The van der Waals surface area contributed by atoms with Crippen LogP contribution in [0, 0.1) is 17.1 Å². The Balaban J connectivity index is 1.82. The molecule has 0 radical (unpaired) electrons. The molecule has 0 aliphatic rings. The van der Waals surface area contributed by atoms with Crippen LogP contribution in [0.2, 0.25) is 0 Å². The lowest BCUT2D eigenvalue weighted by atomic mass is 9.85. The average molecular weight is 655 g/mol. The highest BCUT2D eigenvalue weighted by atomic mass is 127. The number of carbonyl (C=O) groups excluding carboxylic acids is 1. The maximum absolute atomic E-state index is 14.4. The van der Waals surface area contributed by atoms with Crippen LogP contribution in [0.1, 0.15) is 48.9 Å². The van der Waals surface area contributed by atoms with Crippen molar-refractivity contribution in [2.24, 2.45) is 0 Å². The van der Waals surface area contributed by atoms with Gasteiger partial charge in [0.1, 0.15) is 16.2 Å². The van der Waals surface area contributed by atoms with Crippen LogP contribution in [0.4, 0.5) is 17.6 Å². The molecule has 2 unspecified atom stereocenters. The zero-order valence-corrected chi connectivity index (χ0v) is 23.5. The molecule has 0 fully saturated rings. The lowest BCUT2D eigenvalue weighted by molar-refractivity contribution is -0.138. The molecule has 1 N–H and O–H groups in total. The molecule has 206 valence electrons. The van der Waals surface area contributed by atoms with Crippen LogP contribution in [-0.4, -0.2) is 27.1 Å². The van der Waals surface area contributed by atoms with Gasteiger partial charge in [-0.15, -0.1) is 0 Å². The van der Waals surface area contributed by atoms with Gasteiger partial charge in [-0.2, -0.15) is 18.4 Å². The first kappa shape index (κ1) is 30.1. The van der Waals surface area contributed by atoms with Crippen molar-refractivity contribution in [1.29, 1.82) is 5.26 Å². The summed E-state index contributed by atoms with van der Waals surface area (Å²) in [6, 6.07) is 14.7. The molecule has 39 heavy (non-hydrogen) atoms. The second kappa shape index (κ2) is 12.6. The number of nitrogens with one attached hydrogen (secondary N) is 1. The molecule has 0 bridgehead atoms.